The number of hydrogen-bond donors (Lipinski definition) is 0. The van der Waals surface area contributed by atoms with Crippen LogP contribution >= 0.6 is 0 Å². The van der Waals surface area contributed by atoms with Crippen molar-refractivity contribution >= 4 is 0 Å². The molecular formula is C5F12O. The van der Waals surface area contributed by atoms with Crippen molar-refractivity contribution in [1.29, 1.82) is 0 Å². The molecule has 0 aliphatic carbocycles. The van der Waals surface area contributed by atoms with Crippen molar-refractivity contribution in [2.24, 2.45) is 0 Å². The van der Waals surface area contributed by atoms with E-state index in [9.17, 15) is 52.8 Å². The Balaban J connectivity index is 5.80. The largest absolute Gasteiger partial charge is 0.460 e. The van der Waals surface area contributed by atoms with Crippen LogP contribution < -0.4 is 0 Å². The van der Waals surface area contributed by atoms with Crippen LogP contribution in [0.25, 0.3) is 0 Å². The highest BCUT2D eigenvalue weighted by Crippen LogP contribution is 2.57. The first-order valence-corrected chi connectivity index (χ1v) is 3.44. The fourth-order valence-corrected chi connectivity index (χ4v) is 0.606. The van der Waals surface area contributed by atoms with Gasteiger partial charge in [-0.3, -0.25) is 0 Å². The maximum Gasteiger partial charge on any atom is 0.460 e. The van der Waals surface area contributed by atoms with Crippen LogP contribution in [0.4, 0.5) is 52.8 Å². The fourth-order valence-electron chi connectivity index (χ4n) is 0.606. The van der Waals surface area contributed by atoms with Crippen LogP contribution in [0.15, 0.2) is 0 Å². The van der Waals surface area contributed by atoms with E-state index in [-0.39, 0.29) is 0 Å². The summed E-state index contributed by atoms with van der Waals surface area (Å²) >= 11 is 0. The van der Waals surface area contributed by atoms with Gasteiger partial charge in [0.1, 0.15) is 0 Å². The molecule has 1 nitrogen and oxygen atoms in total. The molecule has 0 aliphatic heterocycles. The second-order valence-electron chi connectivity index (χ2n) is 2.81. The van der Waals surface area contributed by atoms with E-state index in [0.717, 1.165) is 4.94 Å². The molecule has 0 heterocycles. The van der Waals surface area contributed by atoms with Crippen LogP contribution in [0.3, 0.4) is 0 Å². The molecule has 18 heavy (non-hydrogen) atoms. The molecule has 0 aromatic heterocycles. The van der Waals surface area contributed by atoms with Gasteiger partial charge < -0.3 is 0 Å². The van der Waals surface area contributed by atoms with Crippen molar-refractivity contribution in [2.75, 3.05) is 0 Å². The summed E-state index contributed by atoms with van der Waals surface area (Å²) < 4.78 is 142. The van der Waals surface area contributed by atoms with Crippen LogP contribution in [0.1, 0.15) is 0 Å². The lowest BCUT2D eigenvalue weighted by atomic mass is 10.0. The third-order valence-corrected chi connectivity index (χ3v) is 1.61. The first-order valence-electron chi connectivity index (χ1n) is 3.44. The van der Waals surface area contributed by atoms with E-state index < -0.39 is 30.1 Å². The third kappa shape index (κ3) is 2.07. The Morgan fingerprint density at radius 1 is 0.500 bits per heavy atom. The van der Waals surface area contributed by atoms with E-state index in [1.54, 1.807) is 0 Å². The molecule has 0 saturated heterocycles. The normalized spacial score (nSPS) is 16.0. The predicted octanol–water partition coefficient (Wildman–Crippen LogP) is 3.95. The quantitative estimate of drug-likeness (QED) is 0.715. The molecule has 0 bridgehead atoms. The Bertz CT molecular complexity index is 302. The van der Waals surface area contributed by atoms with Crippen molar-refractivity contribution in [3.8, 4) is 0 Å². The average Bonchev–Trinajstić information content (AvgIpc) is 2.15. The van der Waals surface area contributed by atoms with Crippen molar-refractivity contribution in [2.45, 2.75) is 30.1 Å². The highest BCUT2D eigenvalue weighted by molar-refractivity contribution is 5.03. The van der Waals surface area contributed by atoms with Gasteiger partial charge in [0, 0.05) is 0 Å². The lowest BCUT2D eigenvalue weighted by molar-refractivity contribution is -0.487. The Morgan fingerprint density at radius 2 is 0.833 bits per heavy atom. The molecule has 0 aliphatic rings. The molecule has 0 radical (unpaired) electrons. The van der Waals surface area contributed by atoms with E-state index in [4.69, 9.17) is 0 Å². The summed E-state index contributed by atoms with van der Waals surface area (Å²) in [5.41, 5.74) is 0. The number of halogens is 12. The summed E-state index contributed by atoms with van der Waals surface area (Å²) in [5.74, 6) is -22.6. The minimum atomic E-state index is -7.64. The molecule has 0 fully saturated rings. The van der Waals surface area contributed by atoms with E-state index in [1.807, 2.05) is 0 Å². The van der Waals surface area contributed by atoms with Gasteiger partial charge in [0.15, 0.2) is 0 Å². The third-order valence-electron chi connectivity index (χ3n) is 1.61. The topological polar surface area (TPSA) is 9.23 Å². The summed E-state index contributed by atoms with van der Waals surface area (Å²) in [5, 5.41) is 0. The van der Waals surface area contributed by atoms with Gasteiger partial charge in [0.2, 0.25) is 0 Å². The first-order chi connectivity index (χ1) is 7.56. The maximum absolute atomic E-state index is 12.2. The standard InChI is InChI=1S/C5F12O/c6-1(7,2(8,9)4(12,13)14)3(10,11)5(15,16)18-17. The molecule has 0 aromatic carbocycles. The molecule has 0 N–H and O–H groups in total. The second-order valence-corrected chi connectivity index (χ2v) is 2.81. The molecular weight excluding hydrogens is 304 g/mol. The highest BCUT2D eigenvalue weighted by Gasteiger charge is 2.88. The molecule has 0 rings (SSSR count). The van der Waals surface area contributed by atoms with Gasteiger partial charge in [0.25, 0.3) is 0 Å². The molecule has 0 aromatic rings. The molecule has 0 spiro atoms. The van der Waals surface area contributed by atoms with Crippen LogP contribution in [-0.4, -0.2) is 30.1 Å². The van der Waals surface area contributed by atoms with E-state index in [2.05, 4.69) is 0 Å². The Hall–Kier alpha value is -0.880. The predicted molar refractivity (Wildman–Crippen MR) is 28.0 cm³/mol. The van der Waals surface area contributed by atoms with Gasteiger partial charge in [-0.05, 0) is 4.53 Å². The van der Waals surface area contributed by atoms with E-state index >= 15 is 0 Å². The Morgan fingerprint density at radius 3 is 1.06 bits per heavy atom. The highest BCUT2D eigenvalue weighted by atomic mass is 19.4. The van der Waals surface area contributed by atoms with Crippen LogP contribution in [-0.2, 0) is 4.94 Å². The lowest BCUT2D eigenvalue weighted by Gasteiger charge is -2.35. The zero-order chi connectivity index (χ0) is 15.2. The van der Waals surface area contributed by atoms with Crippen molar-refractivity contribution in [3.63, 3.8) is 0 Å². The number of hydrogen-bond acceptors (Lipinski definition) is 1. The average molecular weight is 304 g/mol. The summed E-state index contributed by atoms with van der Waals surface area (Å²) in [6, 6.07) is 0. The fraction of sp³-hybridized carbons (Fsp3) is 1.00. The van der Waals surface area contributed by atoms with E-state index in [0.29, 0.717) is 0 Å². The second kappa shape index (κ2) is 4.06. The molecule has 0 saturated carbocycles. The SMILES string of the molecule is FOC(F)(F)C(F)(F)C(F)(F)C(F)(F)C(F)(F)F. The number of alkyl halides is 11. The zero-order valence-corrected chi connectivity index (χ0v) is 7.44. The summed E-state index contributed by atoms with van der Waals surface area (Å²) in [7, 11) is 0. The van der Waals surface area contributed by atoms with Gasteiger partial charge >= 0.3 is 30.1 Å². The molecule has 110 valence electrons. The first kappa shape index (κ1) is 17.1. The van der Waals surface area contributed by atoms with Gasteiger partial charge in [-0.2, -0.15) is 48.3 Å². The van der Waals surface area contributed by atoms with Crippen LogP contribution in [0, 0.1) is 0 Å². The van der Waals surface area contributed by atoms with Crippen molar-refractivity contribution in [1.82, 2.24) is 0 Å². The Kier molecular flexibility index (Phi) is 3.86. The molecule has 0 unspecified atom stereocenters. The van der Waals surface area contributed by atoms with Gasteiger partial charge in [-0.1, -0.05) is 0 Å². The number of rotatable bonds is 4. The minimum Gasteiger partial charge on any atom is -0.192 e. The molecule has 13 heteroatoms. The molecule has 0 atom stereocenters. The summed E-state index contributed by atoms with van der Waals surface area (Å²) in [4.78, 5) is 1.03. The van der Waals surface area contributed by atoms with Gasteiger partial charge in [-0.25, -0.2) is 0 Å². The van der Waals surface area contributed by atoms with Crippen LogP contribution in [0.2, 0.25) is 0 Å². The zero-order valence-electron chi connectivity index (χ0n) is 7.44. The summed E-state index contributed by atoms with van der Waals surface area (Å²) in [6.45, 7) is 0. The summed E-state index contributed by atoms with van der Waals surface area (Å²) in [6.07, 6.45) is -14.2. The van der Waals surface area contributed by atoms with Gasteiger partial charge in [-0.15, -0.1) is 4.94 Å². The molecule has 0 amide bonds. The van der Waals surface area contributed by atoms with Gasteiger partial charge in [0.05, 0.1) is 0 Å². The van der Waals surface area contributed by atoms with E-state index in [1.165, 1.54) is 0 Å². The van der Waals surface area contributed by atoms with Crippen molar-refractivity contribution in [3.05, 3.63) is 0 Å². The Labute approximate surface area is 89.2 Å². The maximum atomic E-state index is 12.2. The van der Waals surface area contributed by atoms with Crippen LogP contribution in [0.5, 0.6) is 0 Å². The monoisotopic (exact) mass is 304 g/mol. The minimum absolute atomic E-state index is 1.03. The smallest absolute Gasteiger partial charge is 0.192 e. The van der Waals surface area contributed by atoms with Crippen molar-refractivity contribution < 1.29 is 57.8 Å². The lowest BCUT2D eigenvalue weighted by Crippen LogP contribution is -2.66.